The fourth-order valence-electron chi connectivity index (χ4n) is 4.50. The molecule has 1 N–H and O–H groups in total. The SMILES string of the molecule is CCOC(=O)N1CCc2c(sc(NC(=O)c3ccc(S(=O)(=O)N4CCCCC4C)cc3)c2C#N)C1. The number of piperidine rings is 1. The average molecular weight is 517 g/mol. The summed E-state index contributed by atoms with van der Waals surface area (Å²) in [6, 6.07) is 8.00. The van der Waals surface area contributed by atoms with E-state index in [1.165, 1.54) is 39.9 Å². The molecule has 1 aromatic carbocycles. The van der Waals surface area contributed by atoms with E-state index in [2.05, 4.69) is 11.4 Å². The van der Waals surface area contributed by atoms with Crippen molar-refractivity contribution in [2.45, 2.75) is 57.0 Å². The highest BCUT2D eigenvalue weighted by atomic mass is 32.2. The van der Waals surface area contributed by atoms with E-state index in [0.717, 1.165) is 29.7 Å². The number of thiophene rings is 1. The van der Waals surface area contributed by atoms with E-state index >= 15 is 0 Å². The Kier molecular flexibility index (Phi) is 7.44. The van der Waals surface area contributed by atoms with Crippen molar-refractivity contribution < 1.29 is 22.7 Å². The second kappa shape index (κ2) is 10.4. The minimum Gasteiger partial charge on any atom is -0.450 e. The first-order chi connectivity index (χ1) is 16.8. The minimum absolute atomic E-state index is 0.0502. The lowest BCUT2D eigenvalue weighted by molar-refractivity contribution is 0.102. The molecule has 0 bridgehead atoms. The number of hydrogen-bond acceptors (Lipinski definition) is 7. The number of hydrogen-bond donors (Lipinski definition) is 1. The monoisotopic (exact) mass is 516 g/mol. The van der Waals surface area contributed by atoms with Gasteiger partial charge in [-0.3, -0.25) is 4.79 Å². The van der Waals surface area contributed by atoms with E-state index in [0.29, 0.717) is 42.2 Å². The quantitative estimate of drug-likeness (QED) is 0.643. The van der Waals surface area contributed by atoms with Gasteiger partial charge in [0.05, 0.1) is 23.6 Å². The van der Waals surface area contributed by atoms with Gasteiger partial charge in [0.1, 0.15) is 11.1 Å². The van der Waals surface area contributed by atoms with Crippen LogP contribution in [0, 0.1) is 11.3 Å². The molecular formula is C24H28N4O5S2. The van der Waals surface area contributed by atoms with Gasteiger partial charge >= 0.3 is 6.09 Å². The molecule has 11 heteroatoms. The van der Waals surface area contributed by atoms with E-state index in [4.69, 9.17) is 4.74 Å². The molecule has 9 nitrogen and oxygen atoms in total. The van der Waals surface area contributed by atoms with Gasteiger partial charge in [0, 0.05) is 29.6 Å². The largest absolute Gasteiger partial charge is 0.450 e. The molecule has 2 amide bonds. The number of amides is 2. The zero-order chi connectivity index (χ0) is 25.2. The Labute approximate surface area is 209 Å². The van der Waals surface area contributed by atoms with Crippen LogP contribution >= 0.6 is 11.3 Å². The summed E-state index contributed by atoms with van der Waals surface area (Å²) in [6.45, 7) is 5.21. The molecule has 35 heavy (non-hydrogen) atoms. The smallest absolute Gasteiger partial charge is 0.410 e. The Balaban J connectivity index is 1.50. The van der Waals surface area contributed by atoms with E-state index in [9.17, 15) is 23.3 Å². The van der Waals surface area contributed by atoms with Crippen LogP contribution in [-0.4, -0.2) is 55.4 Å². The maximum Gasteiger partial charge on any atom is 0.410 e. The van der Waals surface area contributed by atoms with Crippen LogP contribution in [0.4, 0.5) is 9.80 Å². The molecule has 0 saturated carbocycles. The molecule has 0 radical (unpaired) electrons. The number of carbonyl (C=O) groups is 2. The van der Waals surface area contributed by atoms with Crippen LogP contribution in [0.2, 0.25) is 0 Å². The van der Waals surface area contributed by atoms with E-state index in [1.54, 1.807) is 11.8 Å². The number of benzene rings is 1. The van der Waals surface area contributed by atoms with Crippen molar-refractivity contribution in [2.24, 2.45) is 0 Å². The zero-order valence-electron chi connectivity index (χ0n) is 19.7. The summed E-state index contributed by atoms with van der Waals surface area (Å²) in [5.41, 5.74) is 1.53. The van der Waals surface area contributed by atoms with Crippen molar-refractivity contribution in [3.63, 3.8) is 0 Å². The average Bonchev–Trinajstić information content (AvgIpc) is 3.20. The Morgan fingerprint density at radius 1 is 1.23 bits per heavy atom. The molecule has 1 atom stereocenters. The highest BCUT2D eigenvalue weighted by molar-refractivity contribution is 7.89. The number of ether oxygens (including phenoxy) is 1. The van der Waals surface area contributed by atoms with Crippen molar-refractivity contribution in [2.75, 3.05) is 25.0 Å². The fourth-order valence-corrected chi connectivity index (χ4v) is 7.41. The standard InChI is InChI=1S/C24H28N4O5S2/c1-3-33-24(30)27-13-11-19-20(14-25)23(34-21(19)15-27)26-22(29)17-7-9-18(10-8-17)35(31,32)28-12-5-4-6-16(28)2/h7-10,16H,3-6,11-13,15H2,1-2H3,(H,26,29). The van der Waals surface area contributed by atoms with Gasteiger partial charge in [-0.25, -0.2) is 13.2 Å². The number of carbonyl (C=O) groups excluding carboxylic acids is 2. The van der Waals surface area contributed by atoms with Crippen LogP contribution < -0.4 is 5.32 Å². The van der Waals surface area contributed by atoms with Crippen LogP contribution in [0.3, 0.4) is 0 Å². The minimum atomic E-state index is -3.62. The molecule has 2 aliphatic heterocycles. The maximum atomic E-state index is 13.0. The van der Waals surface area contributed by atoms with Gasteiger partial charge in [-0.05, 0) is 62.9 Å². The summed E-state index contributed by atoms with van der Waals surface area (Å²) in [5, 5.41) is 12.9. The molecule has 1 aromatic heterocycles. The maximum absolute atomic E-state index is 13.0. The van der Waals surface area contributed by atoms with Crippen molar-refractivity contribution in [1.29, 1.82) is 5.26 Å². The molecule has 2 aliphatic rings. The summed E-state index contributed by atoms with van der Waals surface area (Å²) in [7, 11) is -3.62. The van der Waals surface area contributed by atoms with Crippen LogP contribution in [0.25, 0.3) is 0 Å². The van der Waals surface area contributed by atoms with Crippen molar-refractivity contribution >= 4 is 38.4 Å². The van der Waals surface area contributed by atoms with Crippen LogP contribution in [0.15, 0.2) is 29.2 Å². The van der Waals surface area contributed by atoms with Gasteiger partial charge in [-0.1, -0.05) is 6.42 Å². The normalized spacial score (nSPS) is 18.4. The summed E-state index contributed by atoms with van der Waals surface area (Å²) >= 11 is 1.27. The second-order valence-corrected chi connectivity index (χ2v) is 11.6. The Hall–Kier alpha value is -2.94. The van der Waals surface area contributed by atoms with Gasteiger partial charge < -0.3 is 15.0 Å². The van der Waals surface area contributed by atoms with Gasteiger partial charge in [-0.2, -0.15) is 9.57 Å². The van der Waals surface area contributed by atoms with Crippen molar-refractivity contribution in [1.82, 2.24) is 9.21 Å². The predicted octanol–water partition coefficient (Wildman–Crippen LogP) is 3.95. The first kappa shape index (κ1) is 25.2. The Bertz CT molecular complexity index is 1260. The third kappa shape index (κ3) is 5.05. The van der Waals surface area contributed by atoms with E-state index in [1.807, 2.05) is 6.92 Å². The molecule has 4 rings (SSSR count). The third-order valence-corrected chi connectivity index (χ3v) is 9.55. The first-order valence-corrected chi connectivity index (χ1v) is 13.9. The zero-order valence-corrected chi connectivity index (χ0v) is 21.4. The van der Waals surface area contributed by atoms with Crippen LogP contribution in [0.1, 0.15) is 59.5 Å². The molecular weight excluding hydrogens is 488 g/mol. The summed E-state index contributed by atoms with van der Waals surface area (Å²) in [5.74, 6) is -0.433. The lowest BCUT2D eigenvalue weighted by Crippen LogP contribution is -2.41. The van der Waals surface area contributed by atoms with Crippen LogP contribution in [0.5, 0.6) is 0 Å². The van der Waals surface area contributed by atoms with Gasteiger partial charge in [0.15, 0.2) is 0 Å². The van der Waals surface area contributed by atoms with Gasteiger partial charge in [0.2, 0.25) is 10.0 Å². The molecule has 186 valence electrons. The number of nitrogens with one attached hydrogen (secondary N) is 1. The summed E-state index contributed by atoms with van der Waals surface area (Å²) < 4.78 is 32.7. The molecule has 3 heterocycles. The van der Waals surface area contributed by atoms with Crippen molar-refractivity contribution in [3.05, 3.63) is 45.8 Å². The Morgan fingerprint density at radius 3 is 2.63 bits per heavy atom. The number of nitrogens with zero attached hydrogens (tertiary/aromatic N) is 3. The highest BCUT2D eigenvalue weighted by Crippen LogP contribution is 2.37. The molecule has 0 aliphatic carbocycles. The van der Waals surface area contributed by atoms with Gasteiger partial charge in [0.25, 0.3) is 5.91 Å². The van der Waals surface area contributed by atoms with E-state index in [-0.39, 0.29) is 17.5 Å². The number of anilines is 1. The number of nitriles is 1. The van der Waals surface area contributed by atoms with E-state index < -0.39 is 22.0 Å². The molecule has 0 spiro atoms. The highest BCUT2D eigenvalue weighted by Gasteiger charge is 2.31. The molecule has 1 unspecified atom stereocenters. The Morgan fingerprint density at radius 2 is 1.97 bits per heavy atom. The van der Waals surface area contributed by atoms with Crippen molar-refractivity contribution in [3.8, 4) is 6.07 Å². The molecule has 1 saturated heterocycles. The third-order valence-electron chi connectivity index (χ3n) is 6.39. The molecule has 2 aromatic rings. The topological polar surface area (TPSA) is 120 Å². The lowest BCUT2D eigenvalue weighted by Gasteiger charge is -2.32. The first-order valence-electron chi connectivity index (χ1n) is 11.7. The van der Waals surface area contributed by atoms with Crippen LogP contribution in [-0.2, 0) is 27.7 Å². The fraction of sp³-hybridized carbons (Fsp3) is 0.458. The molecule has 1 fully saturated rings. The summed E-state index contributed by atoms with van der Waals surface area (Å²) in [6.07, 6.45) is 2.80. The predicted molar refractivity (Wildman–Crippen MR) is 132 cm³/mol. The summed E-state index contributed by atoms with van der Waals surface area (Å²) in [4.78, 5) is 27.6. The number of rotatable bonds is 5. The second-order valence-electron chi connectivity index (χ2n) is 8.63. The lowest BCUT2D eigenvalue weighted by atomic mass is 10.0. The number of fused-ring (bicyclic) bond motifs is 1. The van der Waals surface area contributed by atoms with Gasteiger partial charge in [-0.15, -0.1) is 11.3 Å². The number of sulfonamides is 1.